The second-order valence-corrected chi connectivity index (χ2v) is 7.16. The molecular formula is C24H29NO3. The molecule has 1 aliphatic rings. The molecule has 0 spiro atoms. The second-order valence-electron chi connectivity index (χ2n) is 7.16. The Morgan fingerprint density at radius 3 is 2.18 bits per heavy atom. The van der Waals surface area contributed by atoms with Crippen molar-refractivity contribution in [3.63, 3.8) is 0 Å². The Balaban J connectivity index is 1.91. The zero-order chi connectivity index (χ0) is 20.1. The molecule has 28 heavy (non-hydrogen) atoms. The summed E-state index contributed by atoms with van der Waals surface area (Å²) < 4.78 is 11.2. The molecule has 2 aromatic carbocycles. The van der Waals surface area contributed by atoms with Crippen molar-refractivity contribution < 1.29 is 14.3 Å². The van der Waals surface area contributed by atoms with Crippen LogP contribution < -0.4 is 9.47 Å². The first kappa shape index (κ1) is 20.0. The molecule has 2 atom stereocenters. The van der Waals surface area contributed by atoms with E-state index in [1.807, 2.05) is 69.3 Å². The van der Waals surface area contributed by atoms with Crippen LogP contribution in [0.25, 0.3) is 0 Å². The maximum absolute atomic E-state index is 13.4. The van der Waals surface area contributed by atoms with Gasteiger partial charge < -0.3 is 14.4 Å². The van der Waals surface area contributed by atoms with E-state index in [0.29, 0.717) is 26.3 Å². The third kappa shape index (κ3) is 4.38. The first-order valence-corrected chi connectivity index (χ1v) is 9.93. The average Bonchev–Trinajstić information content (AvgIpc) is 2.69. The molecule has 2 aromatic rings. The van der Waals surface area contributed by atoms with Crippen molar-refractivity contribution in [1.29, 1.82) is 0 Å². The maximum atomic E-state index is 13.4. The number of benzene rings is 2. The highest BCUT2D eigenvalue weighted by Gasteiger charge is 2.37. The zero-order valence-corrected chi connectivity index (χ0v) is 17.0. The van der Waals surface area contributed by atoms with Gasteiger partial charge in [-0.25, -0.2) is 0 Å². The normalized spacial score (nSPS) is 19.4. The molecule has 0 aromatic heterocycles. The summed E-state index contributed by atoms with van der Waals surface area (Å²) in [6.45, 7) is 12.6. The molecule has 1 saturated heterocycles. The fourth-order valence-electron chi connectivity index (χ4n) is 3.74. The second kappa shape index (κ2) is 8.96. The number of allylic oxidation sites excluding steroid dienone is 1. The highest BCUT2D eigenvalue weighted by Crippen LogP contribution is 2.35. The van der Waals surface area contributed by atoms with Crippen molar-refractivity contribution in [3.05, 3.63) is 71.9 Å². The summed E-state index contributed by atoms with van der Waals surface area (Å²) in [4.78, 5) is 15.7. The van der Waals surface area contributed by atoms with Crippen LogP contribution in [-0.4, -0.2) is 37.0 Å². The Morgan fingerprint density at radius 2 is 1.57 bits per heavy atom. The summed E-state index contributed by atoms with van der Waals surface area (Å²) in [6.07, 6.45) is 0. The first-order chi connectivity index (χ1) is 13.5. The van der Waals surface area contributed by atoms with E-state index in [1.165, 1.54) is 0 Å². The Hall–Kier alpha value is -2.75. The predicted octanol–water partition coefficient (Wildman–Crippen LogP) is 4.77. The Kier molecular flexibility index (Phi) is 6.40. The van der Waals surface area contributed by atoms with Crippen molar-refractivity contribution in [3.8, 4) is 11.5 Å². The van der Waals surface area contributed by atoms with Gasteiger partial charge in [0.2, 0.25) is 0 Å². The molecule has 4 nitrogen and oxygen atoms in total. The van der Waals surface area contributed by atoms with E-state index >= 15 is 0 Å². The highest BCUT2D eigenvalue weighted by atomic mass is 16.5. The third-order valence-corrected chi connectivity index (χ3v) is 5.20. The number of likely N-dealkylation sites (tertiary alicyclic amines) is 1. The minimum absolute atomic E-state index is 0.193. The SMILES string of the molecule is C=C(C)N1CC(c2ccc(OCC)cc2)C(=O)C(c2cccc(OCC)c2)C1. The van der Waals surface area contributed by atoms with Gasteiger partial charge in [-0.15, -0.1) is 0 Å². The molecule has 0 radical (unpaired) electrons. The topological polar surface area (TPSA) is 38.8 Å². The number of carbonyl (C=O) groups is 1. The quantitative estimate of drug-likeness (QED) is 0.695. The third-order valence-electron chi connectivity index (χ3n) is 5.20. The summed E-state index contributed by atoms with van der Waals surface area (Å²) in [6, 6.07) is 15.8. The number of piperidine rings is 1. The van der Waals surface area contributed by atoms with Gasteiger partial charge in [0.25, 0.3) is 0 Å². The predicted molar refractivity (Wildman–Crippen MR) is 112 cm³/mol. The number of ether oxygens (including phenoxy) is 2. The molecule has 0 aliphatic carbocycles. The molecule has 0 amide bonds. The van der Waals surface area contributed by atoms with Gasteiger partial charge in [0.1, 0.15) is 11.5 Å². The molecule has 1 heterocycles. The van der Waals surface area contributed by atoms with Gasteiger partial charge in [0.15, 0.2) is 5.78 Å². The molecule has 4 heteroatoms. The zero-order valence-electron chi connectivity index (χ0n) is 17.0. The van der Waals surface area contributed by atoms with Crippen LogP contribution in [0, 0.1) is 0 Å². The lowest BCUT2D eigenvalue weighted by atomic mass is 9.79. The van der Waals surface area contributed by atoms with Crippen molar-refractivity contribution in [2.45, 2.75) is 32.6 Å². The van der Waals surface area contributed by atoms with Crippen molar-refractivity contribution >= 4 is 5.78 Å². The number of hydrogen-bond acceptors (Lipinski definition) is 4. The van der Waals surface area contributed by atoms with Crippen LogP contribution in [0.4, 0.5) is 0 Å². The van der Waals surface area contributed by atoms with Gasteiger partial charge in [0.05, 0.1) is 25.0 Å². The van der Waals surface area contributed by atoms with E-state index in [1.54, 1.807) is 0 Å². The van der Waals surface area contributed by atoms with Gasteiger partial charge in [-0.05, 0) is 56.2 Å². The summed E-state index contributed by atoms with van der Waals surface area (Å²) in [5.74, 6) is 1.48. The van der Waals surface area contributed by atoms with E-state index in [2.05, 4.69) is 11.5 Å². The molecular weight excluding hydrogens is 350 g/mol. The van der Waals surface area contributed by atoms with E-state index in [0.717, 1.165) is 28.3 Å². The summed E-state index contributed by atoms with van der Waals surface area (Å²) in [5.41, 5.74) is 3.00. The van der Waals surface area contributed by atoms with E-state index < -0.39 is 0 Å². The lowest BCUT2D eigenvalue weighted by Gasteiger charge is -2.38. The highest BCUT2D eigenvalue weighted by molar-refractivity contribution is 5.93. The average molecular weight is 380 g/mol. The van der Waals surface area contributed by atoms with Gasteiger partial charge in [0, 0.05) is 18.8 Å². The molecule has 148 valence electrons. The molecule has 0 saturated carbocycles. The lowest BCUT2D eigenvalue weighted by molar-refractivity contribution is -0.124. The van der Waals surface area contributed by atoms with E-state index in [9.17, 15) is 4.79 Å². The number of ketones is 1. The van der Waals surface area contributed by atoms with E-state index in [4.69, 9.17) is 9.47 Å². The minimum atomic E-state index is -0.206. The van der Waals surface area contributed by atoms with Crippen LogP contribution in [0.5, 0.6) is 11.5 Å². The summed E-state index contributed by atoms with van der Waals surface area (Å²) in [5, 5.41) is 0. The van der Waals surface area contributed by atoms with Crippen LogP contribution in [-0.2, 0) is 4.79 Å². The fourth-order valence-corrected chi connectivity index (χ4v) is 3.74. The first-order valence-electron chi connectivity index (χ1n) is 9.93. The number of hydrogen-bond donors (Lipinski definition) is 0. The molecule has 1 fully saturated rings. The lowest BCUT2D eigenvalue weighted by Crippen LogP contribution is -2.43. The van der Waals surface area contributed by atoms with Crippen LogP contribution in [0.3, 0.4) is 0 Å². The number of carbonyl (C=O) groups excluding carboxylic acids is 1. The van der Waals surface area contributed by atoms with Gasteiger partial charge in [-0.3, -0.25) is 4.79 Å². The molecule has 0 N–H and O–H groups in total. The smallest absolute Gasteiger partial charge is 0.151 e. The number of Topliss-reactive ketones (excluding diaryl/α,β-unsaturated/α-hetero) is 1. The fraction of sp³-hybridized carbons (Fsp3) is 0.375. The molecule has 2 unspecified atom stereocenters. The summed E-state index contributed by atoms with van der Waals surface area (Å²) >= 11 is 0. The van der Waals surface area contributed by atoms with Crippen LogP contribution >= 0.6 is 0 Å². The van der Waals surface area contributed by atoms with Crippen LogP contribution in [0.15, 0.2) is 60.8 Å². The van der Waals surface area contributed by atoms with Gasteiger partial charge in [-0.2, -0.15) is 0 Å². The molecule has 3 rings (SSSR count). The van der Waals surface area contributed by atoms with Crippen molar-refractivity contribution in [2.75, 3.05) is 26.3 Å². The maximum Gasteiger partial charge on any atom is 0.151 e. The summed E-state index contributed by atoms with van der Waals surface area (Å²) in [7, 11) is 0. The van der Waals surface area contributed by atoms with Crippen LogP contribution in [0.1, 0.15) is 43.7 Å². The van der Waals surface area contributed by atoms with Gasteiger partial charge >= 0.3 is 0 Å². The molecule has 0 bridgehead atoms. The Bertz CT molecular complexity index is 828. The number of nitrogens with zero attached hydrogens (tertiary/aromatic N) is 1. The monoisotopic (exact) mass is 379 g/mol. The molecule has 1 aliphatic heterocycles. The van der Waals surface area contributed by atoms with Crippen molar-refractivity contribution in [2.24, 2.45) is 0 Å². The number of rotatable bonds is 7. The van der Waals surface area contributed by atoms with Crippen LogP contribution in [0.2, 0.25) is 0 Å². The Labute approximate surface area is 167 Å². The minimum Gasteiger partial charge on any atom is -0.494 e. The standard InChI is InChI=1S/C24H29NO3/c1-5-27-20-12-10-18(11-13-20)22-15-25(17(3)4)16-23(24(22)26)19-8-7-9-21(14-19)28-6-2/h7-14,22-23H,3,5-6,15-16H2,1-2,4H3. The Morgan fingerprint density at radius 1 is 0.964 bits per heavy atom. The largest absolute Gasteiger partial charge is 0.494 e. The van der Waals surface area contributed by atoms with E-state index in [-0.39, 0.29) is 17.6 Å². The van der Waals surface area contributed by atoms with Crippen molar-refractivity contribution in [1.82, 2.24) is 4.90 Å². The van der Waals surface area contributed by atoms with Gasteiger partial charge in [-0.1, -0.05) is 30.8 Å².